The lowest BCUT2D eigenvalue weighted by Crippen LogP contribution is -2.53. The molecule has 2 aliphatic heterocycles. The number of carbonyl (C=O) groups is 2. The molecule has 2 aromatic carbocycles. The molecule has 0 spiro atoms. The lowest BCUT2D eigenvalue weighted by molar-refractivity contribution is -0.225. The molecular weight excluding hydrogens is 508 g/mol. The van der Waals surface area contributed by atoms with E-state index in [-0.39, 0.29) is 12.0 Å². The fraction of sp³-hybridized carbons (Fsp3) is 0.533. The molecule has 206 valence electrons. The number of aliphatic hydroxyl groups excluding tert-OH is 1. The monoisotopic (exact) mass is 544 g/mol. The van der Waals surface area contributed by atoms with E-state index in [2.05, 4.69) is 0 Å². The first-order chi connectivity index (χ1) is 18.1. The molecule has 1 unspecified atom stereocenters. The summed E-state index contributed by atoms with van der Waals surface area (Å²) in [5.41, 5.74) is 4.49. The van der Waals surface area contributed by atoms with Gasteiger partial charge in [0, 0.05) is 25.3 Å². The lowest BCUT2D eigenvalue weighted by Gasteiger charge is -2.45. The minimum atomic E-state index is -0.820. The number of hydrogen-bond acceptors (Lipinski definition) is 7. The molecule has 2 aliphatic rings. The number of halogens is 1. The van der Waals surface area contributed by atoms with Gasteiger partial charge in [0.2, 0.25) is 0 Å². The van der Waals surface area contributed by atoms with Crippen molar-refractivity contribution in [3.8, 4) is 5.75 Å². The molecular formula is C30H37ClO7. The van der Waals surface area contributed by atoms with Crippen LogP contribution >= 0.6 is 11.6 Å². The van der Waals surface area contributed by atoms with Crippen molar-refractivity contribution >= 4 is 23.5 Å². The van der Waals surface area contributed by atoms with E-state index in [1.807, 2.05) is 44.2 Å². The van der Waals surface area contributed by atoms with E-state index in [0.717, 1.165) is 40.7 Å². The summed E-state index contributed by atoms with van der Waals surface area (Å²) in [6.07, 6.45) is -0.0835. The highest BCUT2D eigenvalue weighted by atomic mass is 35.5. The van der Waals surface area contributed by atoms with Gasteiger partial charge in [-0.25, -0.2) is 0 Å². The van der Waals surface area contributed by atoms with Gasteiger partial charge in [-0.3, -0.25) is 9.59 Å². The molecule has 0 saturated carbocycles. The average molecular weight is 545 g/mol. The number of carbonyl (C=O) groups excluding carboxylic acids is 2. The zero-order chi connectivity index (χ0) is 27.6. The van der Waals surface area contributed by atoms with Crippen molar-refractivity contribution in [3.63, 3.8) is 0 Å². The van der Waals surface area contributed by atoms with E-state index in [4.69, 9.17) is 30.5 Å². The van der Waals surface area contributed by atoms with Crippen molar-refractivity contribution in [2.75, 3.05) is 6.61 Å². The molecule has 0 radical (unpaired) electrons. The van der Waals surface area contributed by atoms with Crippen molar-refractivity contribution < 1.29 is 33.6 Å². The van der Waals surface area contributed by atoms with Gasteiger partial charge in [-0.1, -0.05) is 55.8 Å². The molecule has 2 heterocycles. The maximum absolute atomic E-state index is 12.2. The summed E-state index contributed by atoms with van der Waals surface area (Å²) < 4.78 is 24.3. The second-order valence-electron chi connectivity index (χ2n) is 10.3. The minimum absolute atomic E-state index is 0.171. The van der Waals surface area contributed by atoms with Crippen LogP contribution in [0.3, 0.4) is 0 Å². The Hall–Kier alpha value is -2.61. The van der Waals surface area contributed by atoms with Crippen LogP contribution in [0.25, 0.3) is 0 Å². The predicted octanol–water partition coefficient (Wildman–Crippen LogP) is 5.66. The first-order valence-electron chi connectivity index (χ1n) is 13.3. The van der Waals surface area contributed by atoms with Crippen molar-refractivity contribution in [3.05, 3.63) is 63.2 Å². The highest BCUT2D eigenvalue weighted by Crippen LogP contribution is 2.46. The predicted molar refractivity (Wildman–Crippen MR) is 143 cm³/mol. The van der Waals surface area contributed by atoms with Gasteiger partial charge in [-0.05, 0) is 54.9 Å². The van der Waals surface area contributed by atoms with E-state index in [0.29, 0.717) is 30.2 Å². The first-order valence-corrected chi connectivity index (χ1v) is 13.7. The summed E-state index contributed by atoms with van der Waals surface area (Å²) in [6, 6.07) is 9.78. The van der Waals surface area contributed by atoms with E-state index in [1.54, 1.807) is 6.92 Å². The van der Waals surface area contributed by atoms with Crippen LogP contribution in [0.4, 0.5) is 0 Å². The maximum atomic E-state index is 12.2. The number of aliphatic hydroxyl groups is 1. The molecule has 0 aromatic heterocycles. The van der Waals surface area contributed by atoms with Gasteiger partial charge in [0.15, 0.2) is 6.10 Å². The molecule has 7 nitrogen and oxygen atoms in total. The first kappa shape index (κ1) is 28.4. The van der Waals surface area contributed by atoms with Crippen molar-refractivity contribution in [1.29, 1.82) is 0 Å². The molecule has 6 atom stereocenters. The van der Waals surface area contributed by atoms with Gasteiger partial charge < -0.3 is 24.1 Å². The normalized spacial score (nSPS) is 25.6. The van der Waals surface area contributed by atoms with E-state index < -0.39 is 36.4 Å². The highest BCUT2D eigenvalue weighted by Gasteiger charge is 2.48. The van der Waals surface area contributed by atoms with Crippen LogP contribution in [0.15, 0.2) is 30.3 Å². The SMILES string of the molecule is CC[C@H]1O[C@@H](c2cc(Cc3ccc(C(C)O)cc3)c(Cl)c3c2CCCO3)[C@H](OC(C)=O)[C@@H](OC(C)=O)[C@@H]1C. The van der Waals surface area contributed by atoms with Crippen molar-refractivity contribution in [2.45, 2.75) is 90.8 Å². The van der Waals surface area contributed by atoms with Crippen LogP contribution < -0.4 is 4.74 Å². The molecule has 0 bridgehead atoms. The maximum Gasteiger partial charge on any atom is 0.303 e. The number of hydrogen-bond donors (Lipinski definition) is 1. The molecule has 2 aromatic rings. The van der Waals surface area contributed by atoms with Gasteiger partial charge in [0.1, 0.15) is 18.0 Å². The average Bonchev–Trinajstić information content (AvgIpc) is 2.88. The van der Waals surface area contributed by atoms with Crippen LogP contribution in [0.5, 0.6) is 5.75 Å². The number of rotatable bonds is 7. The fourth-order valence-corrected chi connectivity index (χ4v) is 5.86. The zero-order valence-electron chi connectivity index (χ0n) is 22.7. The van der Waals surface area contributed by atoms with E-state index in [1.165, 1.54) is 13.8 Å². The number of fused-ring (bicyclic) bond motifs is 1. The van der Waals surface area contributed by atoms with Gasteiger partial charge >= 0.3 is 11.9 Å². The van der Waals surface area contributed by atoms with Crippen LogP contribution in [0, 0.1) is 5.92 Å². The summed E-state index contributed by atoms with van der Waals surface area (Å²) in [5, 5.41) is 10.4. The third-order valence-corrected chi connectivity index (χ3v) is 7.88. The van der Waals surface area contributed by atoms with E-state index >= 15 is 0 Å². The summed E-state index contributed by atoms with van der Waals surface area (Å²) >= 11 is 6.91. The standard InChI is InChI=1S/C30H37ClO7/c1-6-25-16(2)27(36-18(4)33)30(37-19(5)34)29(38-25)24-15-22(26(31)28-23(24)8-7-13-35-28)14-20-9-11-21(12-10-20)17(3)32/h9-12,15-17,25,27,29-30,32H,6-8,13-14H2,1-5H3/t16-,17?,25-,27+,29+,30-/m1/s1. The van der Waals surface area contributed by atoms with Crippen LogP contribution in [-0.4, -0.2) is 42.0 Å². The Morgan fingerprint density at radius 2 is 1.79 bits per heavy atom. The summed E-state index contributed by atoms with van der Waals surface area (Å²) in [7, 11) is 0. The zero-order valence-corrected chi connectivity index (χ0v) is 23.4. The quantitative estimate of drug-likeness (QED) is 0.450. The largest absolute Gasteiger partial charge is 0.492 e. The third-order valence-electron chi connectivity index (χ3n) is 7.47. The van der Waals surface area contributed by atoms with Crippen LogP contribution in [-0.2, 0) is 36.6 Å². The van der Waals surface area contributed by atoms with Gasteiger partial charge in [-0.2, -0.15) is 0 Å². The Labute approximate surface area is 229 Å². The summed E-state index contributed by atoms with van der Waals surface area (Å²) in [6.45, 7) is 8.98. The fourth-order valence-electron chi connectivity index (χ4n) is 5.57. The van der Waals surface area contributed by atoms with Gasteiger partial charge in [0.05, 0.1) is 23.8 Å². The Balaban J connectivity index is 1.81. The smallest absolute Gasteiger partial charge is 0.303 e. The molecule has 0 aliphatic carbocycles. The summed E-state index contributed by atoms with van der Waals surface area (Å²) in [5.74, 6) is -0.444. The second-order valence-corrected chi connectivity index (χ2v) is 10.7. The topological polar surface area (TPSA) is 91.3 Å². The second kappa shape index (κ2) is 12.1. The Bertz CT molecular complexity index is 1160. The van der Waals surface area contributed by atoms with Gasteiger partial charge in [-0.15, -0.1) is 0 Å². The summed E-state index contributed by atoms with van der Waals surface area (Å²) in [4.78, 5) is 24.3. The van der Waals surface area contributed by atoms with Gasteiger partial charge in [0.25, 0.3) is 0 Å². The van der Waals surface area contributed by atoms with Crippen molar-refractivity contribution in [2.24, 2.45) is 5.92 Å². The van der Waals surface area contributed by atoms with Crippen LogP contribution in [0.1, 0.15) is 87.5 Å². The number of esters is 2. The lowest BCUT2D eigenvalue weighted by atomic mass is 9.81. The Morgan fingerprint density at radius 1 is 1.13 bits per heavy atom. The molecule has 4 rings (SSSR count). The number of ether oxygens (including phenoxy) is 4. The van der Waals surface area contributed by atoms with E-state index in [9.17, 15) is 14.7 Å². The molecule has 1 saturated heterocycles. The molecule has 1 fully saturated rings. The molecule has 8 heteroatoms. The number of benzene rings is 2. The van der Waals surface area contributed by atoms with Crippen molar-refractivity contribution in [1.82, 2.24) is 0 Å². The minimum Gasteiger partial charge on any atom is -0.492 e. The Morgan fingerprint density at radius 3 is 2.39 bits per heavy atom. The van der Waals surface area contributed by atoms with Crippen LogP contribution in [0.2, 0.25) is 5.02 Å². The molecule has 38 heavy (non-hydrogen) atoms. The molecule has 1 N–H and O–H groups in total. The highest BCUT2D eigenvalue weighted by molar-refractivity contribution is 6.33. The third kappa shape index (κ3) is 6.00. The Kier molecular flexibility index (Phi) is 9.01. The molecule has 0 amide bonds.